The van der Waals surface area contributed by atoms with Crippen LogP contribution in [-0.4, -0.2) is 16.0 Å². The molecule has 1 aromatic rings. The second-order valence-corrected chi connectivity index (χ2v) is 4.26. The van der Waals surface area contributed by atoms with Crippen molar-refractivity contribution in [1.29, 1.82) is 0 Å². The minimum Gasteiger partial charge on any atom is -0.504 e. The Morgan fingerprint density at radius 2 is 2.33 bits per heavy atom. The fourth-order valence-corrected chi connectivity index (χ4v) is 1.70. The quantitative estimate of drug-likeness (QED) is 0.777. The summed E-state index contributed by atoms with van der Waals surface area (Å²) < 4.78 is 0. The van der Waals surface area contributed by atoms with Crippen LogP contribution in [0.4, 0.5) is 5.69 Å². The first-order valence-corrected chi connectivity index (χ1v) is 5.06. The van der Waals surface area contributed by atoms with E-state index in [0.29, 0.717) is 5.69 Å². The molecule has 0 aliphatic heterocycles. The normalized spacial score (nSPS) is 17.9. The maximum Gasteiger partial charge on any atom is 0.230 e. The summed E-state index contributed by atoms with van der Waals surface area (Å²) in [5.74, 6) is -0.0102. The smallest absolute Gasteiger partial charge is 0.230 e. The molecular weight excluding hydrogens is 192 g/mol. The van der Waals surface area contributed by atoms with E-state index >= 15 is 0 Å². The van der Waals surface area contributed by atoms with Crippen molar-refractivity contribution in [2.24, 2.45) is 5.41 Å². The molecule has 0 atom stereocenters. The number of hydrogen-bond donors (Lipinski definition) is 2. The van der Waals surface area contributed by atoms with Gasteiger partial charge in [-0.2, -0.15) is 0 Å². The first-order chi connectivity index (χ1) is 7.12. The van der Waals surface area contributed by atoms with E-state index in [2.05, 4.69) is 10.3 Å². The molecule has 1 heterocycles. The average molecular weight is 206 g/mol. The molecule has 4 heteroatoms. The molecule has 0 radical (unpaired) electrons. The molecule has 2 N–H and O–H groups in total. The average Bonchev–Trinajstić information content (AvgIpc) is 2.18. The molecule has 1 aromatic heterocycles. The number of hydrogen-bond acceptors (Lipinski definition) is 3. The van der Waals surface area contributed by atoms with Crippen LogP contribution in [0.15, 0.2) is 18.5 Å². The highest BCUT2D eigenvalue weighted by Crippen LogP contribution is 2.41. The van der Waals surface area contributed by atoms with Gasteiger partial charge in [0.05, 0.1) is 11.9 Å². The van der Waals surface area contributed by atoms with Gasteiger partial charge in [0.25, 0.3) is 0 Å². The number of carbonyl (C=O) groups excluding carboxylic acids is 1. The van der Waals surface area contributed by atoms with Crippen LogP contribution in [0, 0.1) is 5.41 Å². The number of aromatic hydroxyl groups is 1. The maximum absolute atomic E-state index is 11.8. The van der Waals surface area contributed by atoms with E-state index in [1.165, 1.54) is 6.20 Å². The summed E-state index contributed by atoms with van der Waals surface area (Å²) in [6.07, 6.45) is 5.80. The number of aromatic nitrogens is 1. The second-order valence-electron chi connectivity index (χ2n) is 4.26. The van der Waals surface area contributed by atoms with E-state index in [4.69, 9.17) is 0 Å². The molecule has 1 aliphatic carbocycles. The summed E-state index contributed by atoms with van der Waals surface area (Å²) >= 11 is 0. The molecular formula is C11H14N2O2. The van der Waals surface area contributed by atoms with Gasteiger partial charge < -0.3 is 10.4 Å². The molecule has 15 heavy (non-hydrogen) atoms. The Balaban J connectivity index is 2.09. The van der Waals surface area contributed by atoms with Gasteiger partial charge in [-0.15, -0.1) is 0 Å². The summed E-state index contributed by atoms with van der Waals surface area (Å²) in [6.45, 7) is 1.95. The molecule has 4 nitrogen and oxygen atoms in total. The van der Waals surface area contributed by atoms with Gasteiger partial charge in [-0.3, -0.25) is 9.78 Å². The standard InChI is InChI=1S/C11H14N2O2/c1-11(4-2-5-11)10(15)13-8-3-6-12-7-9(8)14/h3,6-7,14H,2,4-5H2,1H3,(H,12,13,15). The lowest BCUT2D eigenvalue weighted by atomic mass is 9.70. The zero-order chi connectivity index (χ0) is 10.9. The minimum atomic E-state index is -0.254. The number of nitrogens with zero attached hydrogens (tertiary/aromatic N) is 1. The lowest BCUT2D eigenvalue weighted by molar-refractivity contribution is -0.128. The van der Waals surface area contributed by atoms with Crippen molar-refractivity contribution in [3.63, 3.8) is 0 Å². The first-order valence-electron chi connectivity index (χ1n) is 5.06. The molecule has 1 saturated carbocycles. The largest absolute Gasteiger partial charge is 0.504 e. The highest BCUT2D eigenvalue weighted by atomic mass is 16.3. The number of rotatable bonds is 2. The molecule has 1 amide bonds. The van der Waals surface area contributed by atoms with Crippen LogP contribution < -0.4 is 5.32 Å². The fraction of sp³-hybridized carbons (Fsp3) is 0.455. The summed E-state index contributed by atoms with van der Waals surface area (Å²) in [6, 6.07) is 1.59. The monoisotopic (exact) mass is 206 g/mol. The van der Waals surface area contributed by atoms with Crippen molar-refractivity contribution in [2.75, 3.05) is 5.32 Å². The molecule has 0 saturated heterocycles. The van der Waals surface area contributed by atoms with Crippen LogP contribution >= 0.6 is 0 Å². The van der Waals surface area contributed by atoms with Gasteiger partial charge in [-0.1, -0.05) is 13.3 Å². The summed E-state index contributed by atoms with van der Waals surface area (Å²) in [4.78, 5) is 15.6. The first kappa shape index (κ1) is 9.96. The van der Waals surface area contributed by atoms with Crippen LogP contribution in [0.25, 0.3) is 0 Å². The Labute approximate surface area is 88.3 Å². The second kappa shape index (κ2) is 3.53. The van der Waals surface area contributed by atoms with Crippen molar-refractivity contribution in [3.8, 4) is 5.75 Å². The van der Waals surface area contributed by atoms with E-state index in [1.54, 1.807) is 12.3 Å². The van der Waals surface area contributed by atoms with E-state index in [1.807, 2.05) is 6.92 Å². The Kier molecular flexibility index (Phi) is 2.34. The Bertz CT molecular complexity index is 386. The Morgan fingerprint density at radius 1 is 1.60 bits per heavy atom. The Hall–Kier alpha value is -1.58. The molecule has 80 valence electrons. The number of amides is 1. The van der Waals surface area contributed by atoms with Gasteiger partial charge in [-0.05, 0) is 18.9 Å². The predicted molar refractivity (Wildman–Crippen MR) is 56.5 cm³/mol. The van der Waals surface area contributed by atoms with Crippen molar-refractivity contribution >= 4 is 11.6 Å². The van der Waals surface area contributed by atoms with Crippen LogP contribution in [-0.2, 0) is 4.79 Å². The number of carbonyl (C=O) groups is 1. The lowest BCUT2D eigenvalue weighted by Gasteiger charge is -2.36. The molecule has 1 aliphatic rings. The summed E-state index contributed by atoms with van der Waals surface area (Å²) in [7, 11) is 0. The van der Waals surface area contributed by atoms with Gasteiger partial charge in [0.2, 0.25) is 5.91 Å². The van der Waals surface area contributed by atoms with Crippen molar-refractivity contribution in [3.05, 3.63) is 18.5 Å². The van der Waals surface area contributed by atoms with Crippen molar-refractivity contribution in [1.82, 2.24) is 4.98 Å². The van der Waals surface area contributed by atoms with Gasteiger partial charge in [0.15, 0.2) is 5.75 Å². The molecule has 0 bridgehead atoms. The summed E-state index contributed by atoms with van der Waals surface area (Å²) in [5, 5.41) is 12.2. The third-order valence-electron chi connectivity index (χ3n) is 3.05. The molecule has 0 spiro atoms. The fourth-order valence-electron chi connectivity index (χ4n) is 1.70. The highest BCUT2D eigenvalue weighted by molar-refractivity contribution is 5.96. The van der Waals surface area contributed by atoms with E-state index in [-0.39, 0.29) is 17.1 Å². The highest BCUT2D eigenvalue weighted by Gasteiger charge is 2.39. The number of anilines is 1. The topological polar surface area (TPSA) is 62.2 Å². The van der Waals surface area contributed by atoms with Crippen LogP contribution in [0.5, 0.6) is 5.75 Å². The number of pyridine rings is 1. The zero-order valence-electron chi connectivity index (χ0n) is 8.66. The molecule has 1 fully saturated rings. The van der Waals surface area contributed by atoms with Crippen molar-refractivity contribution < 1.29 is 9.90 Å². The van der Waals surface area contributed by atoms with E-state index in [9.17, 15) is 9.90 Å². The van der Waals surface area contributed by atoms with E-state index < -0.39 is 0 Å². The SMILES string of the molecule is CC1(C(=O)Nc2ccncc2O)CCC1. The minimum absolute atomic E-state index is 0.00812. The molecule has 2 rings (SSSR count). The van der Waals surface area contributed by atoms with Gasteiger partial charge in [0.1, 0.15) is 0 Å². The third kappa shape index (κ3) is 1.79. The molecule has 0 aromatic carbocycles. The van der Waals surface area contributed by atoms with Gasteiger partial charge in [-0.25, -0.2) is 0 Å². The lowest BCUT2D eigenvalue weighted by Crippen LogP contribution is -2.39. The van der Waals surface area contributed by atoms with Crippen molar-refractivity contribution in [2.45, 2.75) is 26.2 Å². The summed E-state index contributed by atoms with van der Waals surface area (Å²) in [5.41, 5.74) is 0.179. The van der Waals surface area contributed by atoms with Gasteiger partial charge in [0, 0.05) is 11.6 Å². The zero-order valence-corrected chi connectivity index (χ0v) is 8.66. The van der Waals surface area contributed by atoms with Crippen LogP contribution in [0.2, 0.25) is 0 Å². The Morgan fingerprint density at radius 3 is 2.87 bits per heavy atom. The third-order valence-corrected chi connectivity index (χ3v) is 3.05. The maximum atomic E-state index is 11.8. The van der Waals surface area contributed by atoms with Crippen LogP contribution in [0.1, 0.15) is 26.2 Å². The van der Waals surface area contributed by atoms with Gasteiger partial charge >= 0.3 is 0 Å². The molecule has 0 unspecified atom stereocenters. The van der Waals surface area contributed by atoms with E-state index in [0.717, 1.165) is 19.3 Å². The number of nitrogens with one attached hydrogen (secondary N) is 1. The van der Waals surface area contributed by atoms with Crippen LogP contribution in [0.3, 0.4) is 0 Å². The predicted octanol–water partition coefficient (Wildman–Crippen LogP) is 1.92.